The standard InChI is InChI=1S/C49H67N3O15/c1-26(52-50)17-16-22-34(55)64-38(36(29-18-12-10-13-19-29)51-44(60)67-45(4,5)6)43(59)63-31-24-49(61)41(65-42(58)30-20-14-11-15-21-30)39-47(9,40(57)37(56)35(27(31)2)46(49,7)8)32(54)23-33-48(39,25-62-33)66-28(3)53/h10-15,18-21,27,31-33,35-41,54,56-57,61H,16-17,22-25,50H2,1-9H3,(H,51,60)/b52-26+/t27?,31-,32-,33+,35-,36-,37+,38+,39-,40+,41-,47+,48-,49+/m0/s1. The number of nitrogens with two attached hydrogens (primary N) is 1. The van der Waals surface area contributed by atoms with Gasteiger partial charge in [0, 0.05) is 48.6 Å². The maximum atomic E-state index is 15.0. The Balaban J connectivity index is 1.48. The number of alkyl carbamates (subject to hydrolysis) is 1. The molecule has 4 aliphatic rings. The lowest BCUT2D eigenvalue weighted by molar-refractivity contribution is -0.379. The zero-order valence-electron chi connectivity index (χ0n) is 39.7. The average Bonchev–Trinajstić information content (AvgIpc) is 3.25. The van der Waals surface area contributed by atoms with Gasteiger partial charge in [-0.2, -0.15) is 5.10 Å². The van der Waals surface area contributed by atoms with Crippen LogP contribution in [0.2, 0.25) is 0 Å². The number of hydrazone groups is 1. The van der Waals surface area contributed by atoms with Gasteiger partial charge in [-0.25, -0.2) is 14.4 Å². The van der Waals surface area contributed by atoms with Crippen molar-refractivity contribution >= 4 is 35.7 Å². The predicted octanol–water partition coefficient (Wildman–Crippen LogP) is 4.04. The van der Waals surface area contributed by atoms with Gasteiger partial charge in [-0.15, -0.1) is 0 Å². The van der Waals surface area contributed by atoms with Crippen molar-refractivity contribution in [3.8, 4) is 0 Å². The number of carbonyl (C=O) groups is 5. The van der Waals surface area contributed by atoms with Crippen LogP contribution in [0, 0.1) is 28.6 Å². The lowest BCUT2D eigenvalue weighted by atomic mass is 9.42. The molecular formula is C49H67N3O15. The molecule has 3 saturated carbocycles. The van der Waals surface area contributed by atoms with Crippen molar-refractivity contribution in [3.63, 3.8) is 0 Å². The molecule has 14 atom stereocenters. The summed E-state index contributed by atoms with van der Waals surface area (Å²) in [5, 5.41) is 57.3. The Morgan fingerprint density at radius 2 is 1.57 bits per heavy atom. The van der Waals surface area contributed by atoms with Crippen LogP contribution in [0.3, 0.4) is 0 Å². The van der Waals surface area contributed by atoms with Crippen LogP contribution in [0.4, 0.5) is 4.79 Å². The number of benzene rings is 2. The first-order valence-electron chi connectivity index (χ1n) is 22.8. The molecule has 3 aliphatic carbocycles. The molecule has 1 saturated heterocycles. The van der Waals surface area contributed by atoms with Gasteiger partial charge in [0.05, 0.1) is 36.4 Å². The molecule has 0 radical (unpaired) electrons. The minimum absolute atomic E-state index is 0.0934. The summed E-state index contributed by atoms with van der Waals surface area (Å²) in [6, 6.07) is 14.8. The van der Waals surface area contributed by atoms with Crippen LogP contribution in [-0.2, 0) is 42.8 Å². The van der Waals surface area contributed by atoms with Crippen molar-refractivity contribution in [2.24, 2.45) is 39.5 Å². The molecule has 18 heteroatoms. The van der Waals surface area contributed by atoms with Crippen molar-refractivity contribution < 1.29 is 72.8 Å². The third-order valence-corrected chi connectivity index (χ3v) is 14.7. The first-order valence-corrected chi connectivity index (χ1v) is 22.8. The van der Waals surface area contributed by atoms with Gasteiger partial charge in [0.1, 0.15) is 35.6 Å². The largest absolute Gasteiger partial charge is 0.459 e. The Labute approximate surface area is 390 Å². The molecule has 6 rings (SSSR count). The molecule has 1 aliphatic heterocycles. The number of aliphatic hydroxyl groups excluding tert-OH is 3. The van der Waals surface area contributed by atoms with Gasteiger partial charge in [-0.3, -0.25) is 9.59 Å². The second kappa shape index (κ2) is 19.5. The van der Waals surface area contributed by atoms with E-state index in [0.29, 0.717) is 17.7 Å². The third-order valence-electron chi connectivity index (χ3n) is 14.7. The van der Waals surface area contributed by atoms with Crippen molar-refractivity contribution in [1.29, 1.82) is 0 Å². The highest BCUT2D eigenvalue weighted by molar-refractivity contribution is 5.89. The van der Waals surface area contributed by atoms with Crippen LogP contribution in [0.15, 0.2) is 65.8 Å². The zero-order chi connectivity index (χ0) is 49.4. The molecule has 1 amide bonds. The number of carbonyl (C=O) groups excluding carboxylic acids is 5. The van der Waals surface area contributed by atoms with Crippen molar-refractivity contribution in [1.82, 2.24) is 5.32 Å². The van der Waals surface area contributed by atoms with Gasteiger partial charge in [0.25, 0.3) is 0 Å². The van der Waals surface area contributed by atoms with Gasteiger partial charge in [0.15, 0.2) is 5.60 Å². The van der Waals surface area contributed by atoms with Gasteiger partial charge in [0.2, 0.25) is 6.10 Å². The van der Waals surface area contributed by atoms with E-state index in [1.807, 2.05) is 0 Å². The Hall–Kier alpha value is -5.14. The maximum absolute atomic E-state index is 15.0. The minimum Gasteiger partial charge on any atom is -0.459 e. The molecule has 67 heavy (non-hydrogen) atoms. The summed E-state index contributed by atoms with van der Waals surface area (Å²) in [5.41, 5.74) is -7.32. The van der Waals surface area contributed by atoms with Gasteiger partial charge in [-0.05, 0) is 64.2 Å². The van der Waals surface area contributed by atoms with E-state index < -0.39 is 131 Å². The van der Waals surface area contributed by atoms with E-state index in [9.17, 15) is 39.6 Å². The molecule has 4 fully saturated rings. The smallest absolute Gasteiger partial charge is 0.408 e. The van der Waals surface area contributed by atoms with Gasteiger partial charge >= 0.3 is 30.0 Å². The second-order valence-electron chi connectivity index (χ2n) is 20.4. The van der Waals surface area contributed by atoms with E-state index >= 15 is 4.79 Å². The molecule has 2 bridgehead atoms. The third kappa shape index (κ3) is 9.78. The monoisotopic (exact) mass is 937 g/mol. The van der Waals surface area contributed by atoms with Crippen LogP contribution in [0.25, 0.3) is 0 Å². The SMILES string of the molecule is CC(=O)O[C@@]12CO[C@@H]1C[C@H](O)[C@@]1(C)[C@H](O)[C@H](O)[C@@H]3C(C)[C@@H](OC(=O)[C@H](OC(=O)CCC/C(C)=N/N)[C@@H](NC(=O)OC(C)(C)C)c4ccccc4)C[C@@](O)([C@@H](OC(=O)c4ccccc4)[C@H]21)C3(C)C. The highest BCUT2D eigenvalue weighted by atomic mass is 16.6. The number of aliphatic hydroxyl groups is 4. The number of ether oxygens (including phenoxy) is 6. The molecule has 18 nitrogen and oxygen atoms in total. The highest BCUT2D eigenvalue weighted by Crippen LogP contribution is 2.66. The van der Waals surface area contributed by atoms with E-state index in [-0.39, 0.29) is 31.4 Å². The molecule has 2 aromatic carbocycles. The topological polar surface area (TPSA) is 272 Å². The van der Waals surface area contributed by atoms with Gasteiger partial charge < -0.3 is 60.0 Å². The number of nitrogens with zero attached hydrogens (tertiary/aromatic N) is 1. The lowest BCUT2D eigenvalue weighted by Gasteiger charge is -2.70. The average molecular weight is 938 g/mol. The van der Waals surface area contributed by atoms with Crippen LogP contribution in [0.5, 0.6) is 0 Å². The molecule has 7 N–H and O–H groups in total. The predicted molar refractivity (Wildman–Crippen MR) is 240 cm³/mol. The summed E-state index contributed by atoms with van der Waals surface area (Å²) >= 11 is 0. The van der Waals surface area contributed by atoms with E-state index in [1.165, 1.54) is 26.0 Å². The Kier molecular flexibility index (Phi) is 14.9. The molecule has 2 aromatic rings. The quantitative estimate of drug-likeness (QED) is 0.0544. The fraction of sp³-hybridized carbons (Fsp3) is 0.633. The summed E-state index contributed by atoms with van der Waals surface area (Å²) in [6.45, 7) is 14.0. The first-order chi connectivity index (χ1) is 31.3. The molecule has 368 valence electrons. The maximum Gasteiger partial charge on any atom is 0.408 e. The highest BCUT2D eigenvalue weighted by Gasteiger charge is 2.79. The van der Waals surface area contributed by atoms with E-state index in [2.05, 4.69) is 10.4 Å². The normalized spacial score (nSPS) is 34.2. The molecule has 0 aromatic heterocycles. The fourth-order valence-electron chi connectivity index (χ4n) is 11.2. The summed E-state index contributed by atoms with van der Waals surface area (Å²) < 4.78 is 36.3. The Morgan fingerprint density at radius 3 is 2.13 bits per heavy atom. The second-order valence-corrected chi connectivity index (χ2v) is 20.4. The van der Waals surface area contributed by atoms with Crippen molar-refractivity contribution in [2.75, 3.05) is 6.61 Å². The minimum atomic E-state index is -2.32. The zero-order valence-corrected chi connectivity index (χ0v) is 39.7. The summed E-state index contributed by atoms with van der Waals surface area (Å²) in [7, 11) is 0. The number of nitrogens with one attached hydrogen (secondary N) is 1. The van der Waals surface area contributed by atoms with E-state index in [4.69, 9.17) is 34.3 Å². The number of hydrogen-bond acceptors (Lipinski definition) is 17. The summed E-state index contributed by atoms with van der Waals surface area (Å²) in [5.74, 6) is -1.74. The fourth-order valence-corrected chi connectivity index (χ4v) is 11.2. The van der Waals surface area contributed by atoms with E-state index in [1.54, 1.807) is 97.0 Å². The number of hydrogen-bond donors (Lipinski definition) is 6. The number of amides is 1. The van der Waals surface area contributed by atoms with Gasteiger partial charge in [-0.1, -0.05) is 76.2 Å². The van der Waals surface area contributed by atoms with Crippen LogP contribution in [0.1, 0.15) is 116 Å². The number of fused-ring (bicyclic) bond motifs is 5. The van der Waals surface area contributed by atoms with Crippen LogP contribution in [-0.4, -0.2) is 122 Å². The summed E-state index contributed by atoms with van der Waals surface area (Å²) in [4.78, 5) is 69.5. The first kappa shape index (κ1) is 51.3. The molecule has 1 heterocycles. The molecule has 0 spiro atoms. The summed E-state index contributed by atoms with van der Waals surface area (Å²) in [6.07, 6.45) is -12.1. The van der Waals surface area contributed by atoms with Crippen molar-refractivity contribution in [3.05, 3.63) is 71.8 Å². The molecular weight excluding hydrogens is 871 g/mol. The van der Waals surface area contributed by atoms with Crippen LogP contribution >= 0.6 is 0 Å². The van der Waals surface area contributed by atoms with Crippen molar-refractivity contribution in [2.45, 2.75) is 160 Å². The Bertz CT molecular complexity index is 2170. The number of rotatable bonds is 13. The van der Waals surface area contributed by atoms with E-state index in [0.717, 1.165) is 0 Å². The molecule has 1 unspecified atom stereocenters. The Morgan fingerprint density at radius 1 is 0.940 bits per heavy atom. The number of esters is 4. The van der Waals surface area contributed by atoms with Crippen LogP contribution < -0.4 is 11.2 Å². The lowest BCUT2D eigenvalue weighted by Crippen LogP contribution is -2.83.